The van der Waals surface area contributed by atoms with E-state index in [-0.39, 0.29) is 29.7 Å². The summed E-state index contributed by atoms with van der Waals surface area (Å²) in [7, 11) is -3.57. The Labute approximate surface area is 194 Å². The molecule has 33 heavy (non-hydrogen) atoms. The smallest absolute Gasteiger partial charge is 0.300 e. The number of piperazine rings is 1. The van der Waals surface area contributed by atoms with Crippen LogP contribution in [0.1, 0.15) is 41.8 Å². The second-order valence-electron chi connectivity index (χ2n) is 7.60. The molecule has 0 saturated carbocycles. The Morgan fingerprint density at radius 3 is 2.09 bits per heavy atom. The maximum atomic E-state index is 12.9. The lowest BCUT2D eigenvalue weighted by molar-refractivity contribution is -0.134. The number of amidine groups is 1. The second kappa shape index (κ2) is 11.6. The van der Waals surface area contributed by atoms with Crippen LogP contribution < -0.4 is 5.73 Å². The Kier molecular flexibility index (Phi) is 9.12. The molecule has 1 aliphatic heterocycles. The fourth-order valence-corrected chi connectivity index (χ4v) is 4.82. The summed E-state index contributed by atoms with van der Waals surface area (Å²) in [5, 5.41) is 14.9. The van der Waals surface area contributed by atoms with E-state index in [2.05, 4.69) is 6.92 Å². The van der Waals surface area contributed by atoms with E-state index in [1.165, 1.54) is 4.31 Å². The first-order valence-corrected chi connectivity index (χ1v) is 12.0. The number of nitrogens with two attached hydrogens (primary N) is 1. The molecule has 1 fully saturated rings. The van der Waals surface area contributed by atoms with Gasteiger partial charge in [0.1, 0.15) is 5.84 Å². The van der Waals surface area contributed by atoms with E-state index < -0.39 is 16.0 Å². The molecule has 178 valence electrons. The highest BCUT2D eigenvalue weighted by molar-refractivity contribution is 7.89. The largest absolute Gasteiger partial charge is 0.481 e. The minimum absolute atomic E-state index is 0.0967. The summed E-state index contributed by atoms with van der Waals surface area (Å²) >= 11 is 0. The van der Waals surface area contributed by atoms with Gasteiger partial charge in [0.25, 0.3) is 11.9 Å². The molecule has 10 heteroatoms. The fourth-order valence-electron chi connectivity index (χ4n) is 3.40. The lowest BCUT2D eigenvalue weighted by Crippen LogP contribution is -2.50. The average molecular weight is 475 g/mol. The molecule has 2 aromatic rings. The van der Waals surface area contributed by atoms with Gasteiger partial charge in [-0.15, -0.1) is 0 Å². The molecule has 0 unspecified atom stereocenters. The number of hydrogen-bond donors (Lipinski definition) is 3. The normalized spacial score (nSPS) is 14.2. The van der Waals surface area contributed by atoms with Gasteiger partial charge in [-0.25, -0.2) is 8.42 Å². The van der Waals surface area contributed by atoms with Crippen LogP contribution >= 0.6 is 0 Å². The third kappa shape index (κ3) is 7.13. The van der Waals surface area contributed by atoms with Crippen molar-refractivity contribution in [3.8, 4) is 0 Å². The number of amides is 1. The Morgan fingerprint density at radius 1 is 1.03 bits per heavy atom. The van der Waals surface area contributed by atoms with Gasteiger partial charge in [0.05, 0.1) is 4.90 Å². The second-order valence-corrected chi connectivity index (χ2v) is 9.54. The van der Waals surface area contributed by atoms with E-state index in [0.29, 0.717) is 24.2 Å². The van der Waals surface area contributed by atoms with Crippen molar-refractivity contribution in [3.05, 3.63) is 65.2 Å². The first kappa shape index (κ1) is 26.0. The number of nitrogen functional groups attached to an aromatic ring is 1. The van der Waals surface area contributed by atoms with Crippen molar-refractivity contribution in [2.45, 2.75) is 31.6 Å². The molecule has 4 N–H and O–H groups in total. The zero-order valence-electron chi connectivity index (χ0n) is 18.8. The number of benzene rings is 2. The predicted molar refractivity (Wildman–Crippen MR) is 126 cm³/mol. The van der Waals surface area contributed by atoms with Crippen molar-refractivity contribution in [3.63, 3.8) is 0 Å². The molecule has 9 nitrogen and oxygen atoms in total. The number of nitrogens with one attached hydrogen (secondary N) is 1. The van der Waals surface area contributed by atoms with Crippen LogP contribution in [0.5, 0.6) is 0 Å². The number of rotatable bonds is 6. The Hall–Kier alpha value is -3.24. The molecule has 0 atom stereocenters. The monoisotopic (exact) mass is 474 g/mol. The zero-order valence-corrected chi connectivity index (χ0v) is 19.6. The van der Waals surface area contributed by atoms with E-state index in [4.69, 9.17) is 21.0 Å². The minimum Gasteiger partial charge on any atom is -0.481 e. The van der Waals surface area contributed by atoms with Gasteiger partial charge >= 0.3 is 0 Å². The summed E-state index contributed by atoms with van der Waals surface area (Å²) in [6.45, 7) is 4.29. The highest BCUT2D eigenvalue weighted by atomic mass is 32.2. The zero-order chi connectivity index (χ0) is 24.6. The highest BCUT2D eigenvalue weighted by Gasteiger charge is 2.30. The maximum absolute atomic E-state index is 12.9. The first-order chi connectivity index (χ1) is 15.6. The molecule has 1 aliphatic rings. The number of nitrogens with zero attached hydrogens (tertiary/aromatic N) is 2. The lowest BCUT2D eigenvalue weighted by atomic mass is 10.1. The number of sulfonamides is 1. The summed E-state index contributed by atoms with van der Waals surface area (Å²) < 4.78 is 27.2. The van der Waals surface area contributed by atoms with Gasteiger partial charge in [-0.05, 0) is 36.2 Å². The van der Waals surface area contributed by atoms with Gasteiger partial charge in [-0.1, -0.05) is 37.6 Å². The summed E-state index contributed by atoms with van der Waals surface area (Å²) in [6.07, 6.45) is 1.93. The molecule has 2 aromatic carbocycles. The van der Waals surface area contributed by atoms with E-state index in [1.54, 1.807) is 41.3 Å². The quantitative estimate of drug-likeness (QED) is 0.432. The molecule has 1 saturated heterocycles. The van der Waals surface area contributed by atoms with Crippen molar-refractivity contribution in [1.29, 1.82) is 5.41 Å². The first-order valence-electron chi connectivity index (χ1n) is 10.6. The predicted octanol–water partition coefficient (Wildman–Crippen LogP) is 2.16. The molecule has 0 radical (unpaired) electrons. The van der Waals surface area contributed by atoms with Crippen LogP contribution in [0, 0.1) is 5.41 Å². The molecule has 1 heterocycles. The average Bonchev–Trinajstić information content (AvgIpc) is 2.79. The number of carbonyl (C=O) groups is 2. The van der Waals surface area contributed by atoms with Crippen molar-refractivity contribution in [2.75, 3.05) is 26.2 Å². The number of carboxylic acids is 1. The van der Waals surface area contributed by atoms with Crippen LogP contribution in [-0.4, -0.2) is 66.6 Å². The Balaban J connectivity index is 0.000000890. The molecule has 3 rings (SSSR count). The van der Waals surface area contributed by atoms with Crippen molar-refractivity contribution >= 4 is 27.7 Å². The van der Waals surface area contributed by atoms with Gasteiger partial charge in [-0.3, -0.25) is 15.0 Å². The number of carboxylic acid groups (broad SMARTS) is 1. The molecule has 0 spiro atoms. The van der Waals surface area contributed by atoms with Crippen LogP contribution in [0.25, 0.3) is 0 Å². The molecular weight excluding hydrogens is 444 g/mol. The minimum atomic E-state index is -3.57. The van der Waals surface area contributed by atoms with Crippen molar-refractivity contribution < 1.29 is 23.1 Å². The SMILES string of the molecule is CC(=O)O.CCCc1ccc(S(=O)(=O)N2CCN(C(=O)c3cccc(C(=N)N)c3)CC2)cc1. The molecule has 0 aromatic heterocycles. The third-order valence-electron chi connectivity index (χ3n) is 5.05. The van der Waals surface area contributed by atoms with Gasteiger partial charge in [0.2, 0.25) is 10.0 Å². The summed E-state index contributed by atoms with van der Waals surface area (Å²) in [5.74, 6) is -1.12. The van der Waals surface area contributed by atoms with Crippen LogP contribution in [0.2, 0.25) is 0 Å². The van der Waals surface area contributed by atoms with Gasteiger partial charge in [0.15, 0.2) is 0 Å². The molecular formula is C23H30N4O5S. The van der Waals surface area contributed by atoms with Crippen molar-refractivity contribution in [2.24, 2.45) is 5.73 Å². The molecule has 0 bridgehead atoms. The number of carbonyl (C=O) groups excluding carboxylic acids is 1. The Bertz CT molecular complexity index is 1090. The van der Waals surface area contributed by atoms with E-state index in [0.717, 1.165) is 25.3 Å². The van der Waals surface area contributed by atoms with Crippen LogP contribution in [0.4, 0.5) is 0 Å². The van der Waals surface area contributed by atoms with E-state index in [1.807, 2.05) is 12.1 Å². The van der Waals surface area contributed by atoms with Gasteiger partial charge < -0.3 is 15.7 Å². The van der Waals surface area contributed by atoms with Gasteiger partial charge in [-0.2, -0.15) is 4.31 Å². The Morgan fingerprint density at radius 2 is 1.58 bits per heavy atom. The fraction of sp³-hybridized carbons (Fsp3) is 0.348. The molecule has 0 aliphatic carbocycles. The summed E-state index contributed by atoms with van der Waals surface area (Å²) in [4.78, 5) is 23.7. The van der Waals surface area contributed by atoms with Gasteiger partial charge in [0, 0.05) is 44.2 Å². The number of hydrogen-bond acceptors (Lipinski definition) is 5. The number of aliphatic carboxylic acids is 1. The topological polar surface area (TPSA) is 145 Å². The van der Waals surface area contributed by atoms with E-state index >= 15 is 0 Å². The summed E-state index contributed by atoms with van der Waals surface area (Å²) in [5.41, 5.74) is 7.55. The highest BCUT2D eigenvalue weighted by Crippen LogP contribution is 2.20. The lowest BCUT2D eigenvalue weighted by Gasteiger charge is -2.34. The number of aryl methyl sites for hydroxylation is 1. The van der Waals surface area contributed by atoms with Crippen LogP contribution in [0.3, 0.4) is 0 Å². The van der Waals surface area contributed by atoms with E-state index in [9.17, 15) is 13.2 Å². The van der Waals surface area contributed by atoms with Crippen LogP contribution in [-0.2, 0) is 21.2 Å². The third-order valence-corrected chi connectivity index (χ3v) is 6.96. The van der Waals surface area contributed by atoms with Crippen molar-refractivity contribution in [1.82, 2.24) is 9.21 Å². The maximum Gasteiger partial charge on any atom is 0.300 e. The molecule has 1 amide bonds. The van der Waals surface area contributed by atoms with Crippen LogP contribution in [0.15, 0.2) is 53.4 Å². The standard InChI is InChI=1S/C21H26N4O3S.C2H4O2/c1-2-4-16-7-9-19(10-8-16)29(27,28)25-13-11-24(12-14-25)21(26)18-6-3-5-17(15-18)20(22)23;1-2(3)4/h3,5-10,15H,2,4,11-14H2,1H3,(H3,22,23);1H3,(H,3,4). The summed E-state index contributed by atoms with van der Waals surface area (Å²) in [6, 6.07) is 13.7.